The van der Waals surface area contributed by atoms with Gasteiger partial charge < -0.3 is 16.2 Å². The largest absolute Gasteiger partial charge is 0.480 e. The van der Waals surface area contributed by atoms with Gasteiger partial charge in [-0.3, -0.25) is 9.59 Å². The van der Waals surface area contributed by atoms with Gasteiger partial charge in [0.05, 0.1) is 5.56 Å². The molecule has 0 aromatic heterocycles. The van der Waals surface area contributed by atoms with E-state index in [-0.39, 0.29) is 18.4 Å². The maximum atomic E-state index is 12.0. The molecule has 20 heavy (non-hydrogen) atoms. The van der Waals surface area contributed by atoms with Gasteiger partial charge >= 0.3 is 5.97 Å². The number of amides is 2. The third-order valence-corrected chi connectivity index (χ3v) is 3.35. The fourth-order valence-electron chi connectivity index (χ4n) is 1.45. The highest BCUT2D eigenvalue weighted by Crippen LogP contribution is 2.21. The number of nitrogens with one attached hydrogen (secondary N) is 1. The molecular formula is C12H12BrClN2O4. The van der Waals surface area contributed by atoms with Gasteiger partial charge in [-0.25, -0.2) is 4.79 Å². The highest BCUT2D eigenvalue weighted by Gasteiger charge is 2.22. The third-order valence-electron chi connectivity index (χ3n) is 2.46. The van der Waals surface area contributed by atoms with Crippen molar-refractivity contribution in [1.82, 2.24) is 5.32 Å². The summed E-state index contributed by atoms with van der Waals surface area (Å²) in [6, 6.07) is 3.32. The Labute approximate surface area is 128 Å². The smallest absolute Gasteiger partial charge is 0.326 e. The molecular weight excluding hydrogens is 351 g/mol. The molecule has 1 aromatic carbocycles. The topological polar surface area (TPSA) is 109 Å². The van der Waals surface area contributed by atoms with Gasteiger partial charge in [0.25, 0.3) is 5.91 Å². The second-order valence-corrected chi connectivity index (χ2v) is 5.28. The number of carboxylic acids is 1. The van der Waals surface area contributed by atoms with E-state index in [0.29, 0.717) is 9.50 Å². The predicted molar refractivity (Wildman–Crippen MR) is 76.5 cm³/mol. The lowest BCUT2D eigenvalue weighted by molar-refractivity contribution is -0.139. The van der Waals surface area contributed by atoms with Gasteiger partial charge in [-0.1, -0.05) is 11.6 Å². The lowest BCUT2D eigenvalue weighted by Crippen LogP contribution is -2.41. The van der Waals surface area contributed by atoms with Gasteiger partial charge in [-0.15, -0.1) is 0 Å². The minimum absolute atomic E-state index is 0.0678. The first kappa shape index (κ1) is 16.5. The van der Waals surface area contributed by atoms with Gasteiger partial charge in [0.1, 0.15) is 6.04 Å². The summed E-state index contributed by atoms with van der Waals surface area (Å²) in [5, 5.41) is 11.8. The number of carbonyl (C=O) groups excluding carboxylic acids is 2. The van der Waals surface area contributed by atoms with Gasteiger partial charge in [-0.05, 0) is 40.5 Å². The second kappa shape index (κ2) is 7.25. The molecule has 0 fully saturated rings. The van der Waals surface area contributed by atoms with Gasteiger partial charge in [0, 0.05) is 15.9 Å². The number of carbonyl (C=O) groups is 3. The number of halogens is 2. The van der Waals surface area contributed by atoms with E-state index in [2.05, 4.69) is 21.2 Å². The Morgan fingerprint density at radius 3 is 2.55 bits per heavy atom. The number of rotatable bonds is 6. The molecule has 0 spiro atoms. The van der Waals surface area contributed by atoms with Crippen LogP contribution < -0.4 is 11.1 Å². The fraction of sp³-hybridized carbons (Fsp3) is 0.250. The Hall–Kier alpha value is -1.60. The lowest BCUT2D eigenvalue weighted by Gasteiger charge is -2.14. The van der Waals surface area contributed by atoms with Gasteiger partial charge in [0.2, 0.25) is 5.91 Å². The number of carboxylic acid groups (broad SMARTS) is 1. The molecule has 0 heterocycles. The van der Waals surface area contributed by atoms with E-state index in [1.165, 1.54) is 18.2 Å². The van der Waals surface area contributed by atoms with Crippen LogP contribution in [0.1, 0.15) is 23.2 Å². The molecule has 1 aromatic rings. The van der Waals surface area contributed by atoms with Crippen LogP contribution in [0, 0.1) is 0 Å². The molecule has 0 radical (unpaired) electrons. The summed E-state index contributed by atoms with van der Waals surface area (Å²) >= 11 is 8.93. The number of hydrogen-bond acceptors (Lipinski definition) is 3. The van der Waals surface area contributed by atoms with Crippen LogP contribution in [0.15, 0.2) is 22.7 Å². The number of aliphatic carboxylic acids is 1. The first-order valence-electron chi connectivity index (χ1n) is 5.58. The number of nitrogens with two attached hydrogens (primary N) is 1. The molecule has 1 atom stereocenters. The normalized spacial score (nSPS) is 11.7. The summed E-state index contributed by atoms with van der Waals surface area (Å²) in [4.78, 5) is 33.7. The van der Waals surface area contributed by atoms with Crippen LogP contribution in [0.25, 0.3) is 0 Å². The predicted octanol–water partition coefficient (Wildman–Crippen LogP) is 1.55. The molecule has 0 saturated carbocycles. The second-order valence-electron chi connectivity index (χ2n) is 3.99. The van der Waals surface area contributed by atoms with E-state index in [0.717, 1.165) is 0 Å². The van der Waals surface area contributed by atoms with E-state index in [4.69, 9.17) is 22.4 Å². The summed E-state index contributed by atoms with van der Waals surface area (Å²) in [5.74, 6) is -2.44. The third kappa shape index (κ3) is 4.82. The summed E-state index contributed by atoms with van der Waals surface area (Å²) in [7, 11) is 0. The molecule has 0 saturated heterocycles. The van der Waals surface area contributed by atoms with Crippen molar-refractivity contribution >= 4 is 45.3 Å². The number of primary amides is 1. The Balaban J connectivity index is 2.80. The van der Waals surface area contributed by atoms with Crippen molar-refractivity contribution in [3.05, 3.63) is 33.3 Å². The first-order chi connectivity index (χ1) is 9.31. The van der Waals surface area contributed by atoms with E-state index in [9.17, 15) is 14.4 Å². The fourth-order valence-corrected chi connectivity index (χ4v) is 2.32. The molecule has 0 aliphatic carbocycles. The lowest BCUT2D eigenvalue weighted by atomic mass is 10.1. The molecule has 0 aliphatic rings. The van der Waals surface area contributed by atoms with Crippen molar-refractivity contribution in [3.63, 3.8) is 0 Å². The van der Waals surface area contributed by atoms with Crippen molar-refractivity contribution in [2.75, 3.05) is 0 Å². The van der Waals surface area contributed by atoms with Crippen molar-refractivity contribution in [3.8, 4) is 0 Å². The zero-order chi connectivity index (χ0) is 15.3. The van der Waals surface area contributed by atoms with Crippen LogP contribution in [-0.4, -0.2) is 28.9 Å². The first-order valence-corrected chi connectivity index (χ1v) is 6.75. The molecule has 0 bridgehead atoms. The number of benzene rings is 1. The van der Waals surface area contributed by atoms with Crippen molar-refractivity contribution in [2.45, 2.75) is 18.9 Å². The van der Waals surface area contributed by atoms with Crippen molar-refractivity contribution < 1.29 is 19.5 Å². The van der Waals surface area contributed by atoms with Crippen LogP contribution >= 0.6 is 27.5 Å². The van der Waals surface area contributed by atoms with Crippen LogP contribution in [0.4, 0.5) is 0 Å². The zero-order valence-electron chi connectivity index (χ0n) is 10.2. The van der Waals surface area contributed by atoms with Crippen LogP contribution in [0.3, 0.4) is 0 Å². The minimum atomic E-state index is -1.23. The summed E-state index contributed by atoms with van der Waals surface area (Å²) in [5.41, 5.74) is 5.21. The SMILES string of the molecule is NC(=O)CC[C@@H](NC(=O)c1ccc(Cl)cc1Br)C(=O)O. The van der Waals surface area contributed by atoms with E-state index < -0.39 is 23.8 Å². The molecule has 4 N–H and O–H groups in total. The Morgan fingerprint density at radius 2 is 2.05 bits per heavy atom. The molecule has 2 amide bonds. The maximum absolute atomic E-state index is 12.0. The minimum Gasteiger partial charge on any atom is -0.480 e. The number of hydrogen-bond donors (Lipinski definition) is 3. The van der Waals surface area contributed by atoms with Crippen LogP contribution in [-0.2, 0) is 9.59 Å². The molecule has 1 rings (SSSR count). The standard InChI is InChI=1S/C12H12BrClN2O4/c13-8-5-6(14)1-2-7(8)11(18)16-9(12(19)20)3-4-10(15)17/h1-2,5,9H,3-4H2,(H2,15,17)(H,16,18)(H,19,20)/t9-/m1/s1. The quantitative estimate of drug-likeness (QED) is 0.712. The van der Waals surface area contributed by atoms with Gasteiger partial charge in [0.15, 0.2) is 0 Å². The molecule has 6 nitrogen and oxygen atoms in total. The van der Waals surface area contributed by atoms with Crippen molar-refractivity contribution in [1.29, 1.82) is 0 Å². The van der Waals surface area contributed by atoms with E-state index in [1.807, 2.05) is 0 Å². The van der Waals surface area contributed by atoms with Crippen molar-refractivity contribution in [2.24, 2.45) is 5.73 Å². The average molecular weight is 364 g/mol. The van der Waals surface area contributed by atoms with Crippen LogP contribution in [0.2, 0.25) is 5.02 Å². The molecule has 8 heteroatoms. The highest BCUT2D eigenvalue weighted by atomic mass is 79.9. The summed E-state index contributed by atoms with van der Waals surface area (Å²) < 4.78 is 0.446. The highest BCUT2D eigenvalue weighted by molar-refractivity contribution is 9.10. The molecule has 108 valence electrons. The monoisotopic (exact) mass is 362 g/mol. The maximum Gasteiger partial charge on any atom is 0.326 e. The van der Waals surface area contributed by atoms with Crippen LogP contribution in [0.5, 0.6) is 0 Å². The summed E-state index contributed by atoms with van der Waals surface area (Å²) in [6.07, 6.45) is -0.194. The van der Waals surface area contributed by atoms with Gasteiger partial charge in [-0.2, -0.15) is 0 Å². The average Bonchev–Trinajstić information content (AvgIpc) is 2.33. The molecule has 0 aliphatic heterocycles. The summed E-state index contributed by atoms with van der Waals surface area (Å²) in [6.45, 7) is 0. The zero-order valence-corrected chi connectivity index (χ0v) is 12.6. The Morgan fingerprint density at radius 1 is 1.40 bits per heavy atom. The molecule has 0 unspecified atom stereocenters. The van der Waals surface area contributed by atoms with E-state index >= 15 is 0 Å². The Kier molecular flexibility index (Phi) is 5.97. The Bertz CT molecular complexity index is 550. The van der Waals surface area contributed by atoms with E-state index in [1.54, 1.807) is 0 Å².